The van der Waals surface area contributed by atoms with E-state index >= 15 is 0 Å². The number of fused-ring (bicyclic) bond motifs is 1. The van der Waals surface area contributed by atoms with E-state index in [1.54, 1.807) is 17.0 Å². The van der Waals surface area contributed by atoms with Crippen molar-refractivity contribution in [1.82, 2.24) is 4.90 Å². The van der Waals surface area contributed by atoms with Crippen LogP contribution in [0.25, 0.3) is 0 Å². The van der Waals surface area contributed by atoms with Crippen LogP contribution in [0.1, 0.15) is 29.2 Å². The second-order valence-electron chi connectivity index (χ2n) is 7.17. The minimum atomic E-state index is -1.03. The van der Waals surface area contributed by atoms with Gasteiger partial charge in [-0.25, -0.2) is 4.39 Å². The van der Waals surface area contributed by atoms with Crippen molar-refractivity contribution in [2.24, 2.45) is 5.73 Å². The predicted octanol–water partition coefficient (Wildman–Crippen LogP) is 1.78. The first kappa shape index (κ1) is 18.1. The highest BCUT2D eigenvalue weighted by molar-refractivity contribution is 5.83. The van der Waals surface area contributed by atoms with Crippen LogP contribution < -0.4 is 5.73 Å². The van der Waals surface area contributed by atoms with Gasteiger partial charge in [-0.05, 0) is 41.7 Å². The molecule has 27 heavy (non-hydrogen) atoms. The van der Waals surface area contributed by atoms with Crippen molar-refractivity contribution in [2.75, 3.05) is 13.2 Å². The fraction of sp³-hybridized carbons (Fsp3) is 0.381. The molecule has 2 aliphatic rings. The van der Waals surface area contributed by atoms with Gasteiger partial charge in [-0.3, -0.25) is 4.79 Å². The lowest BCUT2D eigenvalue weighted by molar-refractivity contribution is -0.161. The van der Waals surface area contributed by atoms with Crippen LogP contribution in [0.3, 0.4) is 0 Å². The number of halogens is 1. The first-order valence-corrected chi connectivity index (χ1v) is 9.25. The van der Waals surface area contributed by atoms with Crippen LogP contribution in [0.4, 0.5) is 4.39 Å². The average molecular weight is 370 g/mol. The molecule has 2 heterocycles. The number of nitrogens with two attached hydrogens (primary N) is 1. The molecule has 1 fully saturated rings. The molecule has 3 N–H and O–H groups in total. The van der Waals surface area contributed by atoms with Crippen molar-refractivity contribution >= 4 is 5.91 Å². The van der Waals surface area contributed by atoms with Crippen LogP contribution in [0, 0.1) is 5.82 Å². The Morgan fingerprint density at radius 2 is 1.93 bits per heavy atom. The van der Waals surface area contributed by atoms with E-state index in [1.165, 1.54) is 12.1 Å². The van der Waals surface area contributed by atoms with Gasteiger partial charge in [-0.15, -0.1) is 0 Å². The lowest BCUT2D eigenvalue weighted by Gasteiger charge is -2.41. The maximum atomic E-state index is 13.4. The summed E-state index contributed by atoms with van der Waals surface area (Å²) in [4.78, 5) is 15.0. The summed E-state index contributed by atoms with van der Waals surface area (Å²) < 4.78 is 19.0. The van der Waals surface area contributed by atoms with E-state index in [4.69, 9.17) is 10.5 Å². The molecule has 0 aliphatic carbocycles. The normalized spacial score (nSPS) is 27.9. The van der Waals surface area contributed by atoms with E-state index in [2.05, 4.69) is 6.07 Å². The maximum Gasteiger partial charge on any atom is 0.255 e. The monoisotopic (exact) mass is 370 g/mol. The predicted molar refractivity (Wildman–Crippen MR) is 98.4 cm³/mol. The Hall–Kier alpha value is -2.28. The molecule has 0 radical (unpaired) electrons. The Kier molecular flexibility index (Phi) is 4.95. The number of hydrogen-bond acceptors (Lipinski definition) is 4. The zero-order valence-electron chi connectivity index (χ0n) is 14.9. The van der Waals surface area contributed by atoms with Crippen molar-refractivity contribution in [3.05, 3.63) is 71.0 Å². The summed E-state index contributed by atoms with van der Waals surface area (Å²) in [5, 5.41) is 10.4. The van der Waals surface area contributed by atoms with E-state index in [-0.39, 0.29) is 17.8 Å². The van der Waals surface area contributed by atoms with Gasteiger partial charge in [-0.1, -0.05) is 36.4 Å². The maximum absolute atomic E-state index is 13.4. The number of aliphatic hydroxyl groups excluding tert-OH is 1. The summed E-state index contributed by atoms with van der Waals surface area (Å²) in [6.07, 6.45) is -0.761. The molecule has 4 rings (SSSR count). The molecule has 5 nitrogen and oxygen atoms in total. The number of amides is 1. The second kappa shape index (κ2) is 7.38. The summed E-state index contributed by atoms with van der Waals surface area (Å²) >= 11 is 0. The third-order valence-corrected chi connectivity index (χ3v) is 5.49. The molecule has 2 aliphatic heterocycles. The van der Waals surface area contributed by atoms with Crippen molar-refractivity contribution in [2.45, 2.75) is 37.1 Å². The van der Waals surface area contributed by atoms with Gasteiger partial charge in [0.1, 0.15) is 11.9 Å². The Morgan fingerprint density at radius 3 is 2.70 bits per heavy atom. The standard InChI is InChI=1S/C21H23FN2O3/c22-15-7-5-14(6-8-15)18-16-4-2-1-3-13(16)9-11-24(18)21(26)20-19(25)17(23)10-12-27-20/h1-8,17-20,25H,9-12,23H2/t17-,18+,19-,20-/m1/s1. The number of aliphatic hydroxyl groups is 1. The summed E-state index contributed by atoms with van der Waals surface area (Å²) in [6.45, 7) is 0.847. The highest BCUT2D eigenvalue weighted by Gasteiger charge is 2.41. The molecule has 1 saturated heterocycles. The third-order valence-electron chi connectivity index (χ3n) is 5.49. The average Bonchev–Trinajstić information content (AvgIpc) is 2.69. The topological polar surface area (TPSA) is 75.8 Å². The van der Waals surface area contributed by atoms with Crippen molar-refractivity contribution < 1.29 is 19.0 Å². The molecule has 4 atom stereocenters. The van der Waals surface area contributed by atoms with Crippen LogP contribution in [-0.2, 0) is 16.0 Å². The number of carbonyl (C=O) groups is 1. The van der Waals surface area contributed by atoms with E-state index < -0.39 is 18.2 Å². The smallest absolute Gasteiger partial charge is 0.255 e. The summed E-state index contributed by atoms with van der Waals surface area (Å²) in [6, 6.07) is 13.3. The SMILES string of the molecule is N[C@@H]1CCO[C@@H](C(=O)N2CCc3ccccc3[C@@H]2c2ccc(F)cc2)[C@@H]1O. The fourth-order valence-corrected chi connectivity index (χ4v) is 4.01. The van der Waals surface area contributed by atoms with Gasteiger partial charge < -0.3 is 20.5 Å². The minimum absolute atomic E-state index is 0.276. The van der Waals surface area contributed by atoms with Crippen molar-refractivity contribution in [1.29, 1.82) is 0 Å². The summed E-state index contributed by atoms with van der Waals surface area (Å²) in [7, 11) is 0. The van der Waals surface area contributed by atoms with Crippen LogP contribution >= 0.6 is 0 Å². The van der Waals surface area contributed by atoms with Gasteiger partial charge in [0.25, 0.3) is 5.91 Å². The molecule has 1 amide bonds. The third kappa shape index (κ3) is 3.36. The molecule has 0 saturated carbocycles. The lowest BCUT2D eigenvalue weighted by Crippen LogP contribution is -2.57. The van der Waals surface area contributed by atoms with E-state index in [1.807, 2.05) is 18.2 Å². The van der Waals surface area contributed by atoms with E-state index in [0.717, 1.165) is 16.7 Å². The molecular formula is C21H23FN2O3. The number of nitrogens with zero attached hydrogens (tertiary/aromatic N) is 1. The van der Waals surface area contributed by atoms with Gasteiger partial charge in [0.2, 0.25) is 0 Å². The number of rotatable bonds is 2. The fourth-order valence-electron chi connectivity index (χ4n) is 4.01. The van der Waals surface area contributed by atoms with Gasteiger partial charge in [0, 0.05) is 19.2 Å². The number of carbonyl (C=O) groups excluding carboxylic acids is 1. The first-order valence-electron chi connectivity index (χ1n) is 9.25. The molecule has 142 valence electrons. The second-order valence-corrected chi connectivity index (χ2v) is 7.17. The van der Waals surface area contributed by atoms with Gasteiger partial charge in [0.05, 0.1) is 6.04 Å². The van der Waals surface area contributed by atoms with Crippen LogP contribution in [0.15, 0.2) is 48.5 Å². The van der Waals surface area contributed by atoms with Gasteiger partial charge >= 0.3 is 0 Å². The highest BCUT2D eigenvalue weighted by atomic mass is 19.1. The molecule has 0 spiro atoms. The van der Waals surface area contributed by atoms with Gasteiger partial charge in [0.15, 0.2) is 6.10 Å². The zero-order chi connectivity index (χ0) is 19.0. The minimum Gasteiger partial charge on any atom is -0.388 e. The van der Waals surface area contributed by atoms with Crippen molar-refractivity contribution in [3.63, 3.8) is 0 Å². The summed E-state index contributed by atoms with van der Waals surface area (Å²) in [5.41, 5.74) is 8.93. The summed E-state index contributed by atoms with van der Waals surface area (Å²) in [5.74, 6) is -0.598. The molecular weight excluding hydrogens is 347 g/mol. The molecule has 2 aromatic rings. The van der Waals surface area contributed by atoms with Gasteiger partial charge in [-0.2, -0.15) is 0 Å². The highest BCUT2D eigenvalue weighted by Crippen LogP contribution is 2.36. The molecule has 0 unspecified atom stereocenters. The van der Waals surface area contributed by atoms with Crippen molar-refractivity contribution in [3.8, 4) is 0 Å². The molecule has 0 aromatic heterocycles. The lowest BCUT2D eigenvalue weighted by atomic mass is 9.87. The molecule has 6 heteroatoms. The van der Waals surface area contributed by atoms with E-state index in [9.17, 15) is 14.3 Å². The molecule has 0 bridgehead atoms. The zero-order valence-corrected chi connectivity index (χ0v) is 14.9. The molecule has 2 aromatic carbocycles. The van der Waals surface area contributed by atoms with Crippen LogP contribution in [0.2, 0.25) is 0 Å². The number of ether oxygens (including phenoxy) is 1. The van der Waals surface area contributed by atoms with Crippen LogP contribution in [-0.4, -0.2) is 47.3 Å². The van der Waals surface area contributed by atoms with Crippen LogP contribution in [0.5, 0.6) is 0 Å². The largest absolute Gasteiger partial charge is 0.388 e. The quantitative estimate of drug-likeness (QED) is 0.845. The Balaban J connectivity index is 1.72. The number of benzene rings is 2. The first-order chi connectivity index (χ1) is 13.1. The number of hydrogen-bond donors (Lipinski definition) is 2. The Morgan fingerprint density at radius 1 is 1.19 bits per heavy atom. The Labute approximate surface area is 157 Å². The Bertz CT molecular complexity index is 826. The van der Waals surface area contributed by atoms with E-state index in [0.29, 0.717) is 26.0 Å².